The molecule has 2 atom stereocenters. The van der Waals surface area contributed by atoms with Crippen LogP contribution in [0.1, 0.15) is 49.0 Å². The van der Waals surface area contributed by atoms with E-state index in [4.69, 9.17) is 11.5 Å². The third-order valence-corrected chi connectivity index (χ3v) is 6.49. The molecule has 3 heterocycles. The van der Waals surface area contributed by atoms with Crippen molar-refractivity contribution >= 4 is 22.7 Å². The number of hydrogen-bond acceptors (Lipinski definition) is 5. The number of pyridine rings is 1. The van der Waals surface area contributed by atoms with Gasteiger partial charge in [-0.05, 0) is 56.6 Å². The van der Waals surface area contributed by atoms with Gasteiger partial charge in [-0.2, -0.15) is 0 Å². The minimum atomic E-state index is -0.502. The predicted octanol–water partition coefficient (Wildman–Crippen LogP) is 1.10. The minimum absolute atomic E-state index is 0.0251. The number of carbonyl (C=O) groups is 2. The highest BCUT2D eigenvalue weighted by atomic mass is 16.2. The van der Waals surface area contributed by atoms with Gasteiger partial charge in [0.15, 0.2) is 0 Å². The molecule has 1 saturated heterocycles. The summed E-state index contributed by atoms with van der Waals surface area (Å²) in [4.78, 5) is 31.3. The lowest BCUT2D eigenvalue weighted by atomic mass is 9.81. The summed E-state index contributed by atoms with van der Waals surface area (Å²) in [5.74, 6) is -0.0345. The topological polar surface area (TPSA) is 119 Å². The van der Waals surface area contributed by atoms with Crippen LogP contribution in [0.5, 0.6) is 0 Å². The van der Waals surface area contributed by atoms with Crippen LogP contribution < -0.4 is 16.8 Å². The van der Waals surface area contributed by atoms with Crippen molar-refractivity contribution in [2.75, 3.05) is 6.54 Å². The lowest BCUT2D eigenvalue weighted by molar-refractivity contribution is -0.134. The number of hydrogen-bond donors (Lipinski definition) is 3. The van der Waals surface area contributed by atoms with Crippen LogP contribution in [-0.4, -0.2) is 51.1 Å². The Labute approximate surface area is 170 Å². The molecule has 2 aliphatic rings. The summed E-state index contributed by atoms with van der Waals surface area (Å²) in [5.41, 5.74) is 13.7. The smallest absolute Gasteiger partial charge is 0.270 e. The third kappa shape index (κ3) is 4.00. The maximum Gasteiger partial charge on any atom is 0.270 e. The molecule has 0 spiro atoms. The molecule has 1 saturated carbocycles. The fourth-order valence-electron chi connectivity index (χ4n) is 4.63. The Bertz CT molecular complexity index is 902. The van der Waals surface area contributed by atoms with Gasteiger partial charge in [0.2, 0.25) is 5.91 Å². The van der Waals surface area contributed by atoms with Crippen molar-refractivity contribution in [3.63, 3.8) is 0 Å². The second kappa shape index (κ2) is 8.12. The number of nitrogens with two attached hydrogens (primary N) is 2. The Morgan fingerprint density at radius 2 is 2.00 bits per heavy atom. The summed E-state index contributed by atoms with van der Waals surface area (Å²) in [6.45, 7) is 0.706. The number of aryl methyl sites for hydroxylation is 1. The number of likely N-dealkylation sites (tertiary alicyclic amines) is 1. The number of nitrogens with one attached hydrogen (secondary N) is 1. The van der Waals surface area contributed by atoms with E-state index >= 15 is 0 Å². The van der Waals surface area contributed by atoms with Gasteiger partial charge >= 0.3 is 0 Å². The summed E-state index contributed by atoms with van der Waals surface area (Å²) in [6, 6.07) is 3.38. The van der Waals surface area contributed by atoms with Crippen LogP contribution in [0.3, 0.4) is 0 Å². The maximum atomic E-state index is 12.6. The van der Waals surface area contributed by atoms with E-state index in [1.807, 2.05) is 29.9 Å². The highest BCUT2D eigenvalue weighted by Crippen LogP contribution is 2.28. The fourth-order valence-corrected chi connectivity index (χ4v) is 4.63. The molecule has 8 heteroatoms. The Morgan fingerprint density at radius 3 is 2.69 bits per heavy atom. The number of rotatable bonds is 4. The number of fused-ring (bicyclic) bond motifs is 1. The Morgan fingerprint density at radius 1 is 1.24 bits per heavy atom. The molecule has 156 valence electrons. The van der Waals surface area contributed by atoms with E-state index in [0.717, 1.165) is 49.4 Å². The van der Waals surface area contributed by atoms with E-state index < -0.39 is 6.04 Å². The summed E-state index contributed by atoms with van der Waals surface area (Å²) in [5, 5.41) is 4.09. The lowest BCUT2D eigenvalue weighted by Gasteiger charge is -2.34. The van der Waals surface area contributed by atoms with Crippen molar-refractivity contribution < 1.29 is 9.59 Å². The summed E-state index contributed by atoms with van der Waals surface area (Å²) in [6.07, 6.45) is 8.57. The molecule has 0 bridgehead atoms. The van der Waals surface area contributed by atoms with Crippen LogP contribution >= 0.6 is 0 Å². The summed E-state index contributed by atoms with van der Waals surface area (Å²) >= 11 is 0. The molecular weight excluding hydrogens is 368 g/mol. The van der Waals surface area contributed by atoms with E-state index in [2.05, 4.69) is 10.3 Å². The first-order valence-electron chi connectivity index (χ1n) is 10.5. The maximum absolute atomic E-state index is 12.6. The molecule has 0 radical (unpaired) electrons. The van der Waals surface area contributed by atoms with Crippen LogP contribution in [-0.2, 0) is 11.8 Å². The van der Waals surface area contributed by atoms with Crippen LogP contribution in [0.2, 0.25) is 0 Å². The molecular formula is C21H30N6O2. The van der Waals surface area contributed by atoms with Crippen molar-refractivity contribution in [3.05, 3.63) is 30.2 Å². The van der Waals surface area contributed by atoms with E-state index in [1.54, 1.807) is 11.1 Å². The molecule has 2 aromatic rings. The third-order valence-electron chi connectivity index (χ3n) is 6.49. The van der Waals surface area contributed by atoms with Gasteiger partial charge in [-0.3, -0.25) is 9.59 Å². The average molecular weight is 399 g/mol. The van der Waals surface area contributed by atoms with E-state index in [9.17, 15) is 9.59 Å². The van der Waals surface area contributed by atoms with Crippen LogP contribution in [0.15, 0.2) is 24.5 Å². The van der Waals surface area contributed by atoms with Crippen molar-refractivity contribution in [2.45, 2.75) is 56.8 Å². The highest BCUT2D eigenvalue weighted by molar-refractivity contribution is 5.96. The van der Waals surface area contributed by atoms with Gasteiger partial charge in [-0.25, -0.2) is 4.98 Å². The first-order valence-corrected chi connectivity index (χ1v) is 10.5. The largest absolute Gasteiger partial charge is 0.349 e. The number of carbonyl (C=O) groups excluding carboxylic acids is 2. The first-order chi connectivity index (χ1) is 13.9. The van der Waals surface area contributed by atoms with Gasteiger partial charge in [-0.1, -0.05) is 0 Å². The van der Waals surface area contributed by atoms with Crippen LogP contribution in [0.4, 0.5) is 0 Å². The monoisotopic (exact) mass is 398 g/mol. The van der Waals surface area contributed by atoms with Crippen molar-refractivity contribution in [1.29, 1.82) is 0 Å². The molecule has 4 rings (SSSR count). The molecule has 5 N–H and O–H groups in total. The zero-order valence-electron chi connectivity index (χ0n) is 16.9. The molecule has 1 aliphatic carbocycles. The number of amides is 2. The van der Waals surface area contributed by atoms with Gasteiger partial charge in [0.25, 0.3) is 5.91 Å². The van der Waals surface area contributed by atoms with Gasteiger partial charge in [0.1, 0.15) is 5.69 Å². The number of nitrogens with zero attached hydrogens (tertiary/aromatic N) is 3. The van der Waals surface area contributed by atoms with Gasteiger partial charge < -0.3 is 26.3 Å². The second-order valence-electron chi connectivity index (χ2n) is 8.41. The molecule has 2 aromatic heterocycles. The van der Waals surface area contributed by atoms with Crippen molar-refractivity contribution in [2.24, 2.45) is 24.4 Å². The minimum Gasteiger partial charge on any atom is -0.349 e. The first kappa shape index (κ1) is 19.8. The van der Waals surface area contributed by atoms with Crippen molar-refractivity contribution in [1.82, 2.24) is 19.8 Å². The molecule has 2 amide bonds. The normalized spacial score (nSPS) is 25.9. The standard InChI is InChI=1S/C21H30N6O2/c1-26-10-8-14-11-16(24-12-17(14)26)20(28)25-15-6-4-13(5-7-15)19(23)21(29)27-9-2-3-18(27)22/h8,10-13,15,18-19H,2-7,9,22-23H2,1H3,(H,25,28)/t13-,15-,18-,19-/m0/s1. The zero-order chi connectivity index (χ0) is 20.5. The van der Waals surface area contributed by atoms with Gasteiger partial charge in [0, 0.05) is 31.2 Å². The Hall–Kier alpha value is -2.45. The lowest BCUT2D eigenvalue weighted by Crippen LogP contribution is -2.52. The zero-order valence-corrected chi connectivity index (χ0v) is 16.9. The molecule has 0 unspecified atom stereocenters. The molecule has 1 aliphatic heterocycles. The molecule has 8 nitrogen and oxygen atoms in total. The quantitative estimate of drug-likeness (QED) is 0.712. The van der Waals surface area contributed by atoms with Crippen molar-refractivity contribution in [3.8, 4) is 0 Å². The summed E-state index contributed by atoms with van der Waals surface area (Å²) in [7, 11) is 1.95. The predicted molar refractivity (Wildman–Crippen MR) is 111 cm³/mol. The van der Waals surface area contributed by atoms with Crippen LogP contribution in [0.25, 0.3) is 10.9 Å². The van der Waals surface area contributed by atoms with E-state index in [1.165, 1.54) is 0 Å². The van der Waals surface area contributed by atoms with Gasteiger partial charge in [0.05, 0.1) is 23.9 Å². The number of aromatic nitrogens is 2. The fraction of sp³-hybridized carbons (Fsp3) is 0.571. The van der Waals surface area contributed by atoms with Crippen LogP contribution in [0, 0.1) is 5.92 Å². The van der Waals surface area contributed by atoms with E-state index in [0.29, 0.717) is 12.2 Å². The average Bonchev–Trinajstić information content (AvgIpc) is 3.32. The van der Waals surface area contributed by atoms with E-state index in [-0.39, 0.29) is 29.9 Å². The highest BCUT2D eigenvalue weighted by Gasteiger charge is 2.35. The molecule has 29 heavy (non-hydrogen) atoms. The summed E-state index contributed by atoms with van der Waals surface area (Å²) < 4.78 is 1.98. The Kier molecular flexibility index (Phi) is 5.56. The SMILES string of the molecule is Cn1ccc2cc(C(=O)N[C@H]3CC[C@H]([C@H](N)C(=O)N4CCC[C@H]4N)CC3)ncc21. The Balaban J connectivity index is 1.31. The molecule has 2 fully saturated rings. The second-order valence-corrected chi connectivity index (χ2v) is 8.41. The van der Waals surface area contributed by atoms with Gasteiger partial charge in [-0.15, -0.1) is 0 Å². The molecule has 0 aromatic carbocycles.